The Hall–Kier alpha value is 0.0300. The first kappa shape index (κ1) is 12.1. The molecule has 1 rings (SSSR count). The number of phosphoric ester groups is 1. The van der Waals surface area contributed by atoms with E-state index in [9.17, 15) is 4.57 Å². The average molecular weight is 226 g/mol. The lowest BCUT2D eigenvalue weighted by atomic mass is 10.7. The van der Waals surface area contributed by atoms with Crippen LogP contribution in [0, 0.1) is 0 Å². The number of ether oxygens (including phenoxy) is 2. The van der Waals surface area contributed by atoms with Crippen LogP contribution in [0.2, 0.25) is 0 Å². The minimum atomic E-state index is -3.39. The summed E-state index contributed by atoms with van der Waals surface area (Å²) >= 11 is 0. The van der Waals surface area contributed by atoms with Crippen LogP contribution in [0.3, 0.4) is 0 Å². The summed E-state index contributed by atoms with van der Waals surface area (Å²) in [6, 6.07) is 0. The molecule has 1 heterocycles. The highest BCUT2D eigenvalue weighted by atomic mass is 31.2. The van der Waals surface area contributed by atoms with Crippen molar-refractivity contribution in [3.05, 3.63) is 0 Å². The Morgan fingerprint density at radius 1 is 0.929 bits per heavy atom. The van der Waals surface area contributed by atoms with Crippen LogP contribution in [0.1, 0.15) is 0 Å². The Morgan fingerprint density at radius 3 is 1.79 bits per heavy atom. The van der Waals surface area contributed by atoms with Gasteiger partial charge in [-0.05, 0) is 0 Å². The van der Waals surface area contributed by atoms with E-state index in [-0.39, 0.29) is 13.2 Å². The molecule has 0 radical (unpaired) electrons. The van der Waals surface area contributed by atoms with Gasteiger partial charge < -0.3 is 9.47 Å². The molecular weight excluding hydrogens is 211 g/mol. The van der Waals surface area contributed by atoms with E-state index in [1.807, 2.05) is 0 Å². The van der Waals surface area contributed by atoms with Crippen molar-refractivity contribution >= 4 is 7.82 Å². The van der Waals surface area contributed by atoms with Crippen LogP contribution in [0.15, 0.2) is 0 Å². The van der Waals surface area contributed by atoms with Gasteiger partial charge in [-0.25, -0.2) is 4.57 Å². The third-order valence-corrected chi connectivity index (χ3v) is 2.99. The smallest absolute Gasteiger partial charge is 0.377 e. The molecule has 0 spiro atoms. The maximum Gasteiger partial charge on any atom is 0.474 e. The van der Waals surface area contributed by atoms with Gasteiger partial charge in [0.25, 0.3) is 0 Å². The Labute approximate surface area is 83.0 Å². The first-order valence-electron chi connectivity index (χ1n) is 4.37. The molecule has 1 aliphatic heterocycles. The van der Waals surface area contributed by atoms with Crippen LogP contribution < -0.4 is 0 Å². The Kier molecular flexibility index (Phi) is 5.62. The Morgan fingerprint density at radius 2 is 1.36 bits per heavy atom. The predicted octanol–water partition coefficient (Wildman–Crippen LogP) is 0.821. The summed E-state index contributed by atoms with van der Waals surface area (Å²) < 4.78 is 36.4. The second kappa shape index (κ2) is 6.50. The van der Waals surface area contributed by atoms with Crippen LogP contribution >= 0.6 is 7.82 Å². The highest BCUT2D eigenvalue weighted by molar-refractivity contribution is 7.48. The molecule has 14 heavy (non-hydrogen) atoms. The van der Waals surface area contributed by atoms with E-state index in [1.54, 1.807) is 0 Å². The summed E-state index contributed by atoms with van der Waals surface area (Å²) in [5, 5.41) is 0. The molecule has 1 aliphatic rings. The predicted molar refractivity (Wildman–Crippen MR) is 48.2 cm³/mol. The van der Waals surface area contributed by atoms with Gasteiger partial charge in [0.2, 0.25) is 0 Å². The topological polar surface area (TPSA) is 63.2 Å². The quantitative estimate of drug-likeness (QED) is 0.617. The molecule has 0 N–H and O–H groups in total. The second-order valence-corrected chi connectivity index (χ2v) is 4.30. The fraction of sp³-hybridized carbons (Fsp3) is 1.00. The van der Waals surface area contributed by atoms with Crippen molar-refractivity contribution < 1.29 is 27.6 Å². The van der Waals surface area contributed by atoms with Crippen molar-refractivity contribution in [2.45, 2.75) is 0 Å². The molecule has 6 nitrogen and oxygen atoms in total. The van der Waals surface area contributed by atoms with E-state index in [0.29, 0.717) is 26.4 Å². The van der Waals surface area contributed by atoms with Crippen molar-refractivity contribution in [3.63, 3.8) is 0 Å². The van der Waals surface area contributed by atoms with Gasteiger partial charge >= 0.3 is 7.82 Å². The van der Waals surface area contributed by atoms with Crippen molar-refractivity contribution in [2.75, 3.05) is 46.8 Å². The molecule has 1 saturated heterocycles. The third-order valence-electron chi connectivity index (χ3n) is 1.55. The Bertz CT molecular complexity index is 181. The van der Waals surface area contributed by atoms with Gasteiger partial charge in [0.15, 0.2) is 0 Å². The molecule has 84 valence electrons. The summed E-state index contributed by atoms with van der Waals surface area (Å²) in [7, 11) is -2.11. The normalized spacial score (nSPS) is 25.2. The van der Waals surface area contributed by atoms with E-state index >= 15 is 0 Å². The van der Waals surface area contributed by atoms with Gasteiger partial charge in [-0.1, -0.05) is 0 Å². The molecule has 7 heteroatoms. The second-order valence-electron chi connectivity index (χ2n) is 2.52. The first-order chi connectivity index (χ1) is 6.77. The van der Waals surface area contributed by atoms with E-state index in [0.717, 1.165) is 0 Å². The minimum absolute atomic E-state index is 0.186. The molecule has 0 bridgehead atoms. The zero-order chi connectivity index (χ0) is 10.3. The molecular formula is C7H15O6P. The van der Waals surface area contributed by atoms with Gasteiger partial charge in [-0.2, -0.15) is 0 Å². The highest BCUT2D eigenvalue weighted by Gasteiger charge is 2.24. The lowest BCUT2D eigenvalue weighted by molar-refractivity contribution is 0.0375. The molecule has 0 aromatic carbocycles. The lowest BCUT2D eigenvalue weighted by Gasteiger charge is -2.14. The van der Waals surface area contributed by atoms with Gasteiger partial charge in [-0.15, -0.1) is 0 Å². The average Bonchev–Trinajstić information content (AvgIpc) is 2.24. The van der Waals surface area contributed by atoms with Crippen molar-refractivity contribution in [1.29, 1.82) is 0 Å². The van der Waals surface area contributed by atoms with Crippen molar-refractivity contribution in [2.24, 2.45) is 0 Å². The molecule has 1 fully saturated rings. The van der Waals surface area contributed by atoms with E-state index < -0.39 is 7.82 Å². The molecule has 0 saturated carbocycles. The van der Waals surface area contributed by atoms with Crippen LogP contribution in [0.25, 0.3) is 0 Å². The van der Waals surface area contributed by atoms with Crippen LogP contribution in [-0.2, 0) is 27.6 Å². The van der Waals surface area contributed by atoms with E-state index in [2.05, 4.69) is 4.52 Å². The zero-order valence-corrected chi connectivity index (χ0v) is 9.03. The van der Waals surface area contributed by atoms with Crippen LogP contribution in [0.4, 0.5) is 0 Å². The molecule has 0 amide bonds. The lowest BCUT2D eigenvalue weighted by Crippen LogP contribution is -2.08. The van der Waals surface area contributed by atoms with Crippen molar-refractivity contribution in [1.82, 2.24) is 0 Å². The van der Waals surface area contributed by atoms with Crippen LogP contribution in [0.5, 0.6) is 0 Å². The molecule has 0 unspecified atom stereocenters. The maximum absolute atomic E-state index is 11.6. The van der Waals surface area contributed by atoms with Gasteiger partial charge in [-0.3, -0.25) is 13.6 Å². The highest BCUT2D eigenvalue weighted by Crippen LogP contribution is 2.48. The molecule has 0 aromatic heterocycles. The third kappa shape index (κ3) is 4.50. The van der Waals surface area contributed by atoms with Gasteiger partial charge in [0.1, 0.15) is 0 Å². The standard InChI is InChI=1S/C7H15O6P/c1-9-14(8)12-6-4-10-2-3-11-5-7-13-14/h2-7H2,1H3. The number of hydrogen-bond acceptors (Lipinski definition) is 6. The summed E-state index contributed by atoms with van der Waals surface area (Å²) in [5.41, 5.74) is 0. The zero-order valence-electron chi connectivity index (χ0n) is 8.14. The Balaban J connectivity index is 2.39. The van der Waals surface area contributed by atoms with Crippen molar-refractivity contribution in [3.8, 4) is 0 Å². The molecule has 0 aromatic rings. The number of hydrogen-bond donors (Lipinski definition) is 0. The summed E-state index contributed by atoms with van der Waals surface area (Å²) in [5.74, 6) is 0. The fourth-order valence-corrected chi connectivity index (χ4v) is 1.76. The number of phosphoric acid groups is 1. The molecule has 0 aliphatic carbocycles. The summed E-state index contributed by atoms with van der Waals surface area (Å²) in [4.78, 5) is 0. The monoisotopic (exact) mass is 226 g/mol. The first-order valence-corrected chi connectivity index (χ1v) is 5.83. The van der Waals surface area contributed by atoms with Gasteiger partial charge in [0, 0.05) is 7.11 Å². The van der Waals surface area contributed by atoms with E-state index in [1.165, 1.54) is 7.11 Å². The summed E-state index contributed by atoms with van der Waals surface area (Å²) in [6.07, 6.45) is 0. The maximum atomic E-state index is 11.6. The fourth-order valence-electron chi connectivity index (χ4n) is 0.881. The SMILES string of the molecule is COP1(=O)OCCOCCOCCO1. The minimum Gasteiger partial charge on any atom is -0.377 e. The number of rotatable bonds is 1. The summed E-state index contributed by atoms with van der Waals surface area (Å²) in [6.45, 7) is 2.07. The molecule has 0 atom stereocenters. The van der Waals surface area contributed by atoms with Gasteiger partial charge in [0.05, 0.1) is 39.6 Å². The van der Waals surface area contributed by atoms with Crippen LogP contribution in [-0.4, -0.2) is 46.8 Å². The largest absolute Gasteiger partial charge is 0.474 e. The van der Waals surface area contributed by atoms with E-state index in [4.69, 9.17) is 18.5 Å².